The second kappa shape index (κ2) is 10.3. The first kappa shape index (κ1) is 19.6. The van der Waals surface area contributed by atoms with E-state index in [4.69, 9.17) is 10.3 Å². The van der Waals surface area contributed by atoms with Gasteiger partial charge in [-0.25, -0.2) is 14.0 Å². The molecule has 0 aromatic heterocycles. The Balaban J connectivity index is 1.85. The maximum absolute atomic E-state index is 14.1. The Morgan fingerprint density at radius 1 is 1.15 bits per heavy atom. The van der Waals surface area contributed by atoms with E-state index >= 15 is 0 Å². The molecule has 0 saturated heterocycles. The molecule has 7 nitrogen and oxygen atoms in total. The van der Waals surface area contributed by atoms with Gasteiger partial charge in [0.1, 0.15) is 19.0 Å². The standard InChI is InChI=1S/C19H16FN3O4/c20-17-11-16(23-19(25)27-13-14-5-2-1-3-6-14)9-8-15(17)7-4-10-26-18(24)12-22-21/h1-9,11-12H,10,13H2,(H,23,25). The van der Waals surface area contributed by atoms with Crippen LogP contribution in [0.25, 0.3) is 11.6 Å². The van der Waals surface area contributed by atoms with Gasteiger partial charge in [0.25, 0.3) is 0 Å². The molecule has 0 atom stereocenters. The summed E-state index contributed by atoms with van der Waals surface area (Å²) in [6.07, 6.45) is 2.74. The zero-order valence-corrected chi connectivity index (χ0v) is 14.2. The number of esters is 1. The van der Waals surface area contributed by atoms with Gasteiger partial charge in [0, 0.05) is 11.3 Å². The molecule has 0 aliphatic carbocycles. The molecule has 27 heavy (non-hydrogen) atoms. The van der Waals surface area contributed by atoms with Crippen LogP contribution >= 0.6 is 0 Å². The molecule has 2 aromatic carbocycles. The van der Waals surface area contributed by atoms with E-state index in [1.165, 1.54) is 24.3 Å². The molecule has 0 heterocycles. The van der Waals surface area contributed by atoms with Gasteiger partial charge in [-0.2, -0.15) is 4.79 Å². The summed E-state index contributed by atoms with van der Waals surface area (Å²) in [5.74, 6) is -1.40. The summed E-state index contributed by atoms with van der Waals surface area (Å²) < 4.78 is 23.8. The van der Waals surface area contributed by atoms with Crippen molar-refractivity contribution in [3.05, 3.63) is 77.1 Å². The first-order chi connectivity index (χ1) is 13.1. The number of halogens is 1. The molecule has 2 aromatic rings. The number of nitrogens with zero attached hydrogens (tertiary/aromatic N) is 2. The minimum absolute atomic E-state index is 0.107. The first-order valence-corrected chi connectivity index (χ1v) is 7.86. The van der Waals surface area contributed by atoms with Gasteiger partial charge in [-0.3, -0.25) is 5.32 Å². The van der Waals surface area contributed by atoms with Crippen molar-refractivity contribution in [2.24, 2.45) is 0 Å². The number of ether oxygens (including phenoxy) is 2. The number of hydrogen-bond acceptors (Lipinski definition) is 4. The molecule has 0 saturated carbocycles. The molecular formula is C19H16FN3O4. The van der Waals surface area contributed by atoms with E-state index in [0.717, 1.165) is 11.6 Å². The second-order valence-corrected chi connectivity index (χ2v) is 5.20. The smallest absolute Gasteiger partial charge is 0.413 e. The molecule has 1 amide bonds. The van der Waals surface area contributed by atoms with Crippen LogP contribution in [0, 0.1) is 5.82 Å². The van der Waals surface area contributed by atoms with Crippen molar-refractivity contribution in [3.8, 4) is 0 Å². The molecule has 8 heteroatoms. The van der Waals surface area contributed by atoms with Crippen LogP contribution in [0.15, 0.2) is 54.6 Å². The van der Waals surface area contributed by atoms with E-state index in [1.54, 1.807) is 0 Å². The number of benzene rings is 2. The number of amides is 1. The third-order valence-corrected chi connectivity index (χ3v) is 3.24. The van der Waals surface area contributed by atoms with Crippen molar-refractivity contribution >= 4 is 30.0 Å². The van der Waals surface area contributed by atoms with E-state index in [9.17, 15) is 14.0 Å². The van der Waals surface area contributed by atoms with Crippen molar-refractivity contribution in [2.75, 3.05) is 11.9 Å². The summed E-state index contributed by atoms with van der Waals surface area (Å²) in [6.45, 7) is -0.00814. The molecule has 2 rings (SSSR count). The number of carbonyl (C=O) groups excluding carboxylic acids is 2. The van der Waals surface area contributed by atoms with Gasteiger partial charge in [0.15, 0.2) is 0 Å². The monoisotopic (exact) mass is 369 g/mol. The Kier molecular flexibility index (Phi) is 7.44. The Morgan fingerprint density at radius 3 is 2.63 bits per heavy atom. The number of anilines is 1. The fourth-order valence-corrected chi connectivity index (χ4v) is 2.01. The predicted octanol–water partition coefficient (Wildman–Crippen LogP) is 3.43. The molecule has 0 aliphatic rings. The van der Waals surface area contributed by atoms with Gasteiger partial charge in [-0.15, -0.1) is 0 Å². The lowest BCUT2D eigenvalue weighted by atomic mass is 10.2. The maximum atomic E-state index is 14.1. The van der Waals surface area contributed by atoms with Crippen molar-refractivity contribution in [3.63, 3.8) is 0 Å². The molecule has 0 radical (unpaired) electrons. The third kappa shape index (κ3) is 6.93. The Labute approximate surface area is 154 Å². The highest BCUT2D eigenvalue weighted by Crippen LogP contribution is 2.16. The van der Waals surface area contributed by atoms with Crippen molar-refractivity contribution in [2.45, 2.75) is 6.61 Å². The SMILES string of the molecule is [N-]=[N+]=CC(=O)OCC=Cc1ccc(NC(=O)OCc2ccccc2)cc1F. The lowest BCUT2D eigenvalue weighted by Crippen LogP contribution is -2.13. The van der Waals surface area contributed by atoms with Gasteiger partial charge in [-0.1, -0.05) is 36.4 Å². The van der Waals surface area contributed by atoms with Crippen molar-refractivity contribution in [1.29, 1.82) is 0 Å². The molecular weight excluding hydrogens is 353 g/mol. The molecule has 1 N–H and O–H groups in total. The Morgan fingerprint density at radius 2 is 1.93 bits per heavy atom. The highest BCUT2D eigenvalue weighted by Gasteiger charge is 2.07. The fraction of sp³-hybridized carbons (Fsp3) is 0.105. The average molecular weight is 369 g/mol. The van der Waals surface area contributed by atoms with E-state index in [0.29, 0.717) is 6.21 Å². The Hall–Kier alpha value is -3.77. The summed E-state index contributed by atoms with van der Waals surface area (Å²) in [7, 11) is 0. The van der Waals surface area contributed by atoms with Gasteiger partial charge >= 0.3 is 18.3 Å². The normalized spacial score (nSPS) is 10.1. The van der Waals surface area contributed by atoms with E-state index in [2.05, 4.69) is 14.8 Å². The summed E-state index contributed by atoms with van der Waals surface area (Å²) in [4.78, 5) is 25.2. The molecule has 0 bridgehead atoms. The topological polar surface area (TPSA) is 101 Å². The van der Waals surface area contributed by atoms with Gasteiger partial charge in [0.2, 0.25) is 0 Å². The summed E-state index contributed by atoms with van der Waals surface area (Å²) in [5, 5.41) is 2.44. The van der Waals surface area contributed by atoms with Gasteiger partial charge in [-0.05, 0) is 29.8 Å². The van der Waals surface area contributed by atoms with Gasteiger partial charge < -0.3 is 15.0 Å². The zero-order valence-electron chi connectivity index (χ0n) is 14.2. The van der Waals surface area contributed by atoms with Crippen molar-refractivity contribution < 1.29 is 28.2 Å². The zero-order chi connectivity index (χ0) is 19.5. The molecule has 0 fully saturated rings. The number of hydrogen-bond donors (Lipinski definition) is 1. The summed E-state index contributed by atoms with van der Waals surface area (Å²) >= 11 is 0. The molecule has 138 valence electrons. The van der Waals surface area contributed by atoms with E-state index in [-0.39, 0.29) is 24.5 Å². The van der Waals surface area contributed by atoms with E-state index in [1.807, 2.05) is 30.3 Å². The van der Waals surface area contributed by atoms with Crippen LogP contribution in [0.3, 0.4) is 0 Å². The minimum Gasteiger partial charge on any atom is -0.453 e. The number of nitrogens with one attached hydrogen (secondary N) is 1. The third-order valence-electron chi connectivity index (χ3n) is 3.24. The lowest BCUT2D eigenvalue weighted by molar-refractivity contribution is -0.137. The number of carbonyl (C=O) groups is 2. The van der Waals surface area contributed by atoms with E-state index < -0.39 is 17.9 Å². The van der Waals surface area contributed by atoms with Crippen LogP contribution in [-0.2, 0) is 20.9 Å². The summed E-state index contributed by atoms with van der Waals surface area (Å²) in [6, 6.07) is 13.3. The molecule has 0 unspecified atom stereocenters. The van der Waals surface area contributed by atoms with Crippen LogP contribution in [0.5, 0.6) is 0 Å². The molecule has 0 spiro atoms. The van der Waals surface area contributed by atoms with Gasteiger partial charge in [0.05, 0.1) is 0 Å². The van der Waals surface area contributed by atoms with Crippen molar-refractivity contribution in [1.82, 2.24) is 0 Å². The summed E-state index contributed by atoms with van der Waals surface area (Å²) in [5.41, 5.74) is 9.47. The first-order valence-electron chi connectivity index (χ1n) is 7.86. The lowest BCUT2D eigenvalue weighted by Gasteiger charge is -2.08. The maximum Gasteiger partial charge on any atom is 0.413 e. The number of rotatable bonds is 7. The van der Waals surface area contributed by atoms with Crippen LogP contribution < -0.4 is 5.32 Å². The van der Waals surface area contributed by atoms with Crippen LogP contribution in [0.1, 0.15) is 11.1 Å². The molecule has 0 aliphatic heterocycles. The van der Waals surface area contributed by atoms with Crippen LogP contribution in [0.2, 0.25) is 0 Å². The largest absolute Gasteiger partial charge is 0.453 e. The quantitative estimate of drug-likeness (QED) is 0.350. The van der Waals surface area contributed by atoms with Crippen LogP contribution in [0.4, 0.5) is 14.9 Å². The highest BCUT2D eigenvalue weighted by atomic mass is 19.1. The second-order valence-electron chi connectivity index (χ2n) is 5.20. The minimum atomic E-state index is -0.823. The highest BCUT2D eigenvalue weighted by molar-refractivity contribution is 6.20. The van der Waals surface area contributed by atoms with Crippen LogP contribution in [-0.4, -0.2) is 29.7 Å². The average Bonchev–Trinajstić information content (AvgIpc) is 2.66. The predicted molar refractivity (Wildman–Crippen MR) is 96.3 cm³/mol. The Bertz CT molecular complexity index is 878. The fourth-order valence-electron chi connectivity index (χ4n) is 2.01.